The first kappa shape index (κ1) is 19.9. The summed E-state index contributed by atoms with van der Waals surface area (Å²) in [6.07, 6.45) is 1.85. The zero-order chi connectivity index (χ0) is 19.7. The summed E-state index contributed by atoms with van der Waals surface area (Å²) < 4.78 is 0.324. The molecule has 4 nitrogen and oxygen atoms in total. The summed E-state index contributed by atoms with van der Waals surface area (Å²) in [5.74, 6) is 0.757. The molecule has 1 fully saturated rings. The van der Waals surface area contributed by atoms with Crippen LogP contribution in [0.25, 0.3) is 10.9 Å². The molecule has 1 aliphatic rings. The van der Waals surface area contributed by atoms with Crippen LogP contribution in [0.4, 0.5) is 5.69 Å². The van der Waals surface area contributed by atoms with Crippen molar-refractivity contribution in [1.82, 2.24) is 10.3 Å². The van der Waals surface area contributed by atoms with Crippen LogP contribution in [-0.2, 0) is 0 Å². The number of aryl methyl sites for hydroxylation is 1. The molecule has 0 radical (unpaired) electrons. The van der Waals surface area contributed by atoms with Crippen molar-refractivity contribution >= 4 is 69.2 Å². The summed E-state index contributed by atoms with van der Waals surface area (Å²) in [7, 11) is 0. The van der Waals surface area contributed by atoms with Crippen LogP contribution >= 0.6 is 46.7 Å². The highest BCUT2D eigenvalue weighted by Crippen LogP contribution is 2.39. The molecule has 2 aromatic carbocycles. The van der Waals surface area contributed by atoms with Gasteiger partial charge in [-0.15, -0.1) is 11.8 Å². The average Bonchev–Trinajstić information content (AvgIpc) is 3.17. The summed E-state index contributed by atoms with van der Waals surface area (Å²) in [5.41, 5.74) is 2.75. The Morgan fingerprint density at radius 3 is 2.71 bits per heavy atom. The third kappa shape index (κ3) is 3.98. The van der Waals surface area contributed by atoms with Crippen LogP contribution in [0, 0.1) is 6.92 Å². The number of para-hydroxylation sites is 1. The number of hydrogen-bond acceptors (Lipinski definition) is 5. The van der Waals surface area contributed by atoms with Gasteiger partial charge in [-0.2, -0.15) is 0 Å². The van der Waals surface area contributed by atoms with E-state index in [1.807, 2.05) is 36.2 Å². The third-order valence-electron chi connectivity index (χ3n) is 4.37. The average molecular weight is 450 g/mol. The Hall–Kier alpha value is -1.44. The first-order valence-electron chi connectivity index (χ1n) is 8.70. The molecule has 1 aliphatic heterocycles. The molecule has 144 valence electrons. The molecule has 2 heterocycles. The Labute approximate surface area is 181 Å². The van der Waals surface area contributed by atoms with Gasteiger partial charge in [0.1, 0.15) is 4.71 Å². The number of pyridine rings is 1. The second-order valence-electron chi connectivity index (χ2n) is 6.30. The summed E-state index contributed by atoms with van der Waals surface area (Å²) in [6, 6.07) is 10.8. The standard InChI is InChI=1S/C20H17Cl2N3OS2/c1-11-10-24-17-12(18(11)28-20-23-8-9-27-20)4-2-7-15(17)25-19(26)16-13(21)5-3-6-14(16)22/h2-7,10,20,23H,8-9H2,1H3,(H,25,26). The number of aromatic nitrogens is 1. The molecule has 8 heteroatoms. The van der Waals surface area contributed by atoms with E-state index in [9.17, 15) is 4.79 Å². The normalized spacial score (nSPS) is 16.5. The van der Waals surface area contributed by atoms with Crippen LogP contribution in [0.3, 0.4) is 0 Å². The van der Waals surface area contributed by atoms with Crippen LogP contribution in [0.2, 0.25) is 10.0 Å². The summed E-state index contributed by atoms with van der Waals surface area (Å²) in [4.78, 5) is 18.6. The Morgan fingerprint density at radius 1 is 1.25 bits per heavy atom. The van der Waals surface area contributed by atoms with Crippen LogP contribution in [0.1, 0.15) is 15.9 Å². The molecule has 1 saturated heterocycles. The van der Waals surface area contributed by atoms with Gasteiger partial charge in [-0.1, -0.05) is 53.2 Å². The van der Waals surface area contributed by atoms with E-state index in [-0.39, 0.29) is 11.5 Å². The smallest absolute Gasteiger partial charge is 0.258 e. The van der Waals surface area contributed by atoms with E-state index in [2.05, 4.69) is 22.5 Å². The van der Waals surface area contributed by atoms with Crippen molar-refractivity contribution < 1.29 is 4.79 Å². The number of hydrogen-bond donors (Lipinski definition) is 2. The van der Waals surface area contributed by atoms with E-state index in [1.54, 1.807) is 30.0 Å². The molecule has 0 spiro atoms. The molecule has 0 aliphatic carbocycles. The zero-order valence-corrected chi connectivity index (χ0v) is 18.1. The minimum Gasteiger partial charge on any atom is -0.320 e. The lowest BCUT2D eigenvalue weighted by Gasteiger charge is -2.16. The molecule has 4 rings (SSSR count). The van der Waals surface area contributed by atoms with Crippen molar-refractivity contribution in [1.29, 1.82) is 0 Å². The van der Waals surface area contributed by atoms with Gasteiger partial charge in [0.2, 0.25) is 0 Å². The van der Waals surface area contributed by atoms with Crippen LogP contribution in [-0.4, -0.2) is 27.9 Å². The van der Waals surface area contributed by atoms with E-state index >= 15 is 0 Å². The minimum absolute atomic E-state index is 0.260. The predicted molar refractivity (Wildman–Crippen MR) is 121 cm³/mol. The van der Waals surface area contributed by atoms with E-state index in [1.165, 1.54) is 4.90 Å². The van der Waals surface area contributed by atoms with Crippen LogP contribution < -0.4 is 10.6 Å². The van der Waals surface area contributed by atoms with Gasteiger partial charge in [0.15, 0.2) is 0 Å². The Bertz CT molecular complexity index is 1030. The fourth-order valence-electron chi connectivity index (χ4n) is 3.04. The highest BCUT2D eigenvalue weighted by molar-refractivity contribution is 8.17. The fraction of sp³-hybridized carbons (Fsp3) is 0.200. The number of fused-ring (bicyclic) bond motifs is 1. The third-order valence-corrected chi connectivity index (χ3v) is 7.77. The topological polar surface area (TPSA) is 54.0 Å². The Balaban J connectivity index is 1.71. The summed E-state index contributed by atoms with van der Waals surface area (Å²) >= 11 is 16.0. The Kier molecular flexibility index (Phi) is 6.04. The molecular formula is C20H17Cl2N3OS2. The molecular weight excluding hydrogens is 433 g/mol. The number of amides is 1. The second-order valence-corrected chi connectivity index (χ2v) is 9.74. The molecule has 0 saturated carbocycles. The maximum Gasteiger partial charge on any atom is 0.258 e. The second kappa shape index (κ2) is 8.51. The highest BCUT2D eigenvalue weighted by atomic mass is 35.5. The lowest BCUT2D eigenvalue weighted by Crippen LogP contribution is -2.16. The maximum absolute atomic E-state index is 12.8. The molecule has 0 bridgehead atoms. The molecule has 1 amide bonds. The number of benzene rings is 2. The SMILES string of the molecule is Cc1cnc2c(NC(=O)c3c(Cl)cccc3Cl)cccc2c1SC1NCCS1. The number of anilines is 1. The summed E-state index contributed by atoms with van der Waals surface area (Å²) in [5, 5.41) is 8.05. The van der Waals surface area contributed by atoms with Gasteiger partial charge in [0.25, 0.3) is 5.91 Å². The fourth-order valence-corrected chi connectivity index (χ4v) is 6.09. The lowest BCUT2D eigenvalue weighted by atomic mass is 10.1. The lowest BCUT2D eigenvalue weighted by molar-refractivity contribution is 0.102. The van der Waals surface area contributed by atoms with Crippen molar-refractivity contribution in [2.24, 2.45) is 0 Å². The molecule has 1 unspecified atom stereocenters. The van der Waals surface area contributed by atoms with Gasteiger partial charge < -0.3 is 5.32 Å². The van der Waals surface area contributed by atoms with Crippen LogP contribution in [0.5, 0.6) is 0 Å². The molecule has 1 aromatic heterocycles. The maximum atomic E-state index is 12.8. The molecule has 28 heavy (non-hydrogen) atoms. The van der Waals surface area contributed by atoms with E-state index < -0.39 is 0 Å². The molecule has 3 aromatic rings. The number of rotatable bonds is 4. The quantitative estimate of drug-likeness (QED) is 0.525. The van der Waals surface area contributed by atoms with Gasteiger partial charge in [0, 0.05) is 28.8 Å². The highest BCUT2D eigenvalue weighted by Gasteiger charge is 2.20. The first-order chi connectivity index (χ1) is 13.5. The van der Waals surface area contributed by atoms with Gasteiger partial charge in [-0.25, -0.2) is 0 Å². The van der Waals surface area contributed by atoms with Gasteiger partial charge in [-0.3, -0.25) is 15.1 Å². The van der Waals surface area contributed by atoms with E-state index in [0.717, 1.165) is 28.8 Å². The monoisotopic (exact) mass is 449 g/mol. The van der Waals surface area contributed by atoms with E-state index in [4.69, 9.17) is 23.2 Å². The molecule has 2 N–H and O–H groups in total. The van der Waals surface area contributed by atoms with Crippen molar-refractivity contribution in [3.8, 4) is 0 Å². The number of nitrogens with one attached hydrogen (secondary N) is 2. The van der Waals surface area contributed by atoms with Crippen molar-refractivity contribution in [3.05, 3.63) is 63.8 Å². The van der Waals surface area contributed by atoms with Crippen molar-refractivity contribution in [3.63, 3.8) is 0 Å². The van der Waals surface area contributed by atoms with Gasteiger partial charge in [0.05, 0.1) is 26.8 Å². The van der Waals surface area contributed by atoms with Crippen molar-refractivity contribution in [2.75, 3.05) is 17.6 Å². The van der Waals surface area contributed by atoms with Crippen LogP contribution in [0.15, 0.2) is 47.5 Å². The Morgan fingerprint density at radius 2 is 2.00 bits per heavy atom. The van der Waals surface area contributed by atoms with E-state index in [0.29, 0.717) is 20.4 Å². The van der Waals surface area contributed by atoms with Crippen molar-refractivity contribution in [2.45, 2.75) is 16.5 Å². The number of thioether (sulfide) groups is 2. The first-order valence-corrected chi connectivity index (χ1v) is 11.4. The number of halogens is 2. The predicted octanol–water partition coefficient (Wildman–Crippen LogP) is 5.81. The minimum atomic E-state index is -0.354. The summed E-state index contributed by atoms with van der Waals surface area (Å²) in [6.45, 7) is 3.08. The van der Waals surface area contributed by atoms with Gasteiger partial charge in [-0.05, 0) is 30.7 Å². The zero-order valence-electron chi connectivity index (χ0n) is 15.0. The number of carbonyl (C=O) groups is 1. The number of carbonyl (C=O) groups excluding carboxylic acids is 1. The largest absolute Gasteiger partial charge is 0.320 e. The number of nitrogens with zero attached hydrogens (tertiary/aromatic N) is 1. The van der Waals surface area contributed by atoms with Gasteiger partial charge >= 0.3 is 0 Å². The molecule has 1 atom stereocenters.